The van der Waals surface area contributed by atoms with Crippen molar-refractivity contribution >= 4 is 5.95 Å². The third-order valence-electron chi connectivity index (χ3n) is 3.11. The molecule has 0 atom stereocenters. The lowest BCUT2D eigenvalue weighted by molar-refractivity contribution is 0.386. The third-order valence-corrected chi connectivity index (χ3v) is 3.11. The minimum atomic E-state index is -0.403. The van der Waals surface area contributed by atoms with Crippen LogP contribution in [0.4, 0.5) is 10.3 Å². The van der Waals surface area contributed by atoms with Gasteiger partial charge in [0.25, 0.3) is 11.8 Å². The lowest BCUT2D eigenvalue weighted by Crippen LogP contribution is -2.01. The minimum Gasteiger partial charge on any atom is -0.494 e. The van der Waals surface area contributed by atoms with E-state index in [4.69, 9.17) is 9.26 Å². The molecule has 6 heteroatoms. The Hall–Kier alpha value is -2.89. The second-order valence-corrected chi connectivity index (χ2v) is 4.61. The molecular weight excluding hydrogens is 285 g/mol. The number of ether oxygens (including phenoxy) is 1. The number of benzene rings is 2. The van der Waals surface area contributed by atoms with Crippen molar-refractivity contribution < 1.29 is 13.7 Å². The van der Waals surface area contributed by atoms with Gasteiger partial charge in [-0.15, -0.1) is 0 Å². The van der Waals surface area contributed by atoms with Gasteiger partial charge in [0.2, 0.25) is 0 Å². The summed E-state index contributed by atoms with van der Waals surface area (Å²) in [5, 5.41) is 6.84. The maximum atomic E-state index is 13.6. The van der Waals surface area contributed by atoms with Crippen LogP contribution in [0, 0.1) is 5.82 Å². The quantitative estimate of drug-likeness (QED) is 0.781. The van der Waals surface area contributed by atoms with Gasteiger partial charge in [0, 0.05) is 12.1 Å². The molecule has 0 bridgehead atoms. The van der Waals surface area contributed by atoms with Crippen molar-refractivity contribution in [2.24, 2.45) is 0 Å². The number of hydrogen-bond donors (Lipinski definition) is 1. The number of anilines is 1. The van der Waals surface area contributed by atoms with Crippen LogP contribution < -0.4 is 10.1 Å². The first-order chi connectivity index (χ1) is 10.8. The minimum absolute atomic E-state index is 0.217. The summed E-state index contributed by atoms with van der Waals surface area (Å²) in [7, 11) is 1.43. The van der Waals surface area contributed by atoms with Crippen molar-refractivity contribution in [1.82, 2.24) is 10.1 Å². The van der Waals surface area contributed by atoms with Gasteiger partial charge < -0.3 is 14.6 Å². The number of nitrogens with zero attached hydrogens (tertiary/aromatic N) is 2. The number of halogens is 1. The summed E-state index contributed by atoms with van der Waals surface area (Å²) in [6, 6.07) is 14.2. The summed E-state index contributed by atoms with van der Waals surface area (Å²) in [4.78, 5) is 4.24. The molecule has 5 nitrogen and oxygen atoms in total. The van der Waals surface area contributed by atoms with Crippen LogP contribution in [-0.2, 0) is 6.54 Å². The summed E-state index contributed by atoms with van der Waals surface area (Å²) in [6.45, 7) is 0.384. The Balaban J connectivity index is 1.67. The fraction of sp³-hybridized carbons (Fsp3) is 0.125. The van der Waals surface area contributed by atoms with E-state index in [2.05, 4.69) is 15.5 Å². The zero-order chi connectivity index (χ0) is 15.4. The van der Waals surface area contributed by atoms with Gasteiger partial charge in [-0.3, -0.25) is 0 Å². The SMILES string of the molecule is COc1ccc(CNc2noc(-c3ccccc3)n2)cc1F. The lowest BCUT2D eigenvalue weighted by Gasteiger charge is -2.05. The van der Waals surface area contributed by atoms with Crippen LogP contribution in [0.1, 0.15) is 5.56 Å². The molecule has 1 N–H and O–H groups in total. The van der Waals surface area contributed by atoms with Gasteiger partial charge in [-0.2, -0.15) is 4.98 Å². The standard InChI is InChI=1S/C16H14FN3O2/c1-21-14-8-7-11(9-13(14)17)10-18-16-19-15(22-20-16)12-5-3-2-4-6-12/h2-9H,10H2,1H3,(H,18,20). The molecule has 0 saturated heterocycles. The molecule has 0 radical (unpaired) electrons. The maximum absolute atomic E-state index is 13.6. The van der Waals surface area contributed by atoms with E-state index >= 15 is 0 Å². The molecule has 0 aliphatic carbocycles. The molecule has 0 saturated carbocycles. The van der Waals surface area contributed by atoms with Gasteiger partial charge in [-0.05, 0) is 35.0 Å². The Morgan fingerprint density at radius 1 is 1.18 bits per heavy atom. The molecule has 0 unspecified atom stereocenters. The number of nitrogens with one attached hydrogen (secondary N) is 1. The average Bonchev–Trinajstić information content (AvgIpc) is 3.03. The first-order valence-electron chi connectivity index (χ1n) is 6.71. The molecular formula is C16H14FN3O2. The normalized spacial score (nSPS) is 10.5. The van der Waals surface area contributed by atoms with E-state index in [-0.39, 0.29) is 5.75 Å². The van der Waals surface area contributed by atoms with Gasteiger partial charge in [0.1, 0.15) is 0 Å². The third kappa shape index (κ3) is 3.06. The smallest absolute Gasteiger partial charge is 0.264 e. The van der Waals surface area contributed by atoms with Crippen molar-refractivity contribution in [2.45, 2.75) is 6.54 Å². The Labute approximate surface area is 126 Å². The highest BCUT2D eigenvalue weighted by Gasteiger charge is 2.08. The molecule has 2 aromatic carbocycles. The van der Waals surface area contributed by atoms with E-state index in [1.807, 2.05) is 30.3 Å². The van der Waals surface area contributed by atoms with Crippen molar-refractivity contribution in [3.05, 3.63) is 59.9 Å². The monoisotopic (exact) mass is 299 g/mol. The van der Waals surface area contributed by atoms with Gasteiger partial charge in [-0.25, -0.2) is 4.39 Å². The first-order valence-corrected chi connectivity index (χ1v) is 6.71. The van der Waals surface area contributed by atoms with Gasteiger partial charge in [-0.1, -0.05) is 24.3 Å². The number of rotatable bonds is 5. The zero-order valence-electron chi connectivity index (χ0n) is 11.9. The topological polar surface area (TPSA) is 60.2 Å². The maximum Gasteiger partial charge on any atom is 0.264 e. The summed E-state index contributed by atoms with van der Waals surface area (Å²) in [5.41, 5.74) is 1.60. The number of aromatic nitrogens is 2. The second-order valence-electron chi connectivity index (χ2n) is 4.61. The van der Waals surface area contributed by atoms with Crippen LogP contribution in [0.2, 0.25) is 0 Å². The van der Waals surface area contributed by atoms with Crippen LogP contribution in [0.15, 0.2) is 53.1 Å². The highest BCUT2D eigenvalue weighted by molar-refractivity contribution is 5.53. The highest BCUT2D eigenvalue weighted by Crippen LogP contribution is 2.20. The fourth-order valence-corrected chi connectivity index (χ4v) is 1.99. The number of hydrogen-bond acceptors (Lipinski definition) is 5. The van der Waals surface area contributed by atoms with E-state index in [9.17, 15) is 4.39 Å². The van der Waals surface area contributed by atoms with Crippen LogP contribution in [0.5, 0.6) is 5.75 Å². The van der Waals surface area contributed by atoms with Crippen LogP contribution in [0.25, 0.3) is 11.5 Å². The molecule has 0 spiro atoms. The van der Waals surface area contributed by atoms with Gasteiger partial charge >= 0.3 is 0 Å². The summed E-state index contributed by atoms with van der Waals surface area (Å²) < 4.78 is 23.7. The highest BCUT2D eigenvalue weighted by atomic mass is 19.1. The van der Waals surface area contributed by atoms with Crippen molar-refractivity contribution in [2.75, 3.05) is 12.4 Å². The van der Waals surface area contributed by atoms with Gasteiger partial charge in [0.15, 0.2) is 11.6 Å². The first kappa shape index (κ1) is 14.1. The van der Waals surface area contributed by atoms with Crippen LogP contribution >= 0.6 is 0 Å². The number of methoxy groups -OCH3 is 1. The van der Waals surface area contributed by atoms with E-state index in [0.717, 1.165) is 11.1 Å². The molecule has 3 aromatic rings. The van der Waals surface area contributed by atoms with E-state index < -0.39 is 5.82 Å². The van der Waals surface area contributed by atoms with Gasteiger partial charge in [0.05, 0.1) is 7.11 Å². The predicted molar refractivity (Wildman–Crippen MR) is 80.0 cm³/mol. The van der Waals surface area contributed by atoms with E-state index in [1.54, 1.807) is 12.1 Å². The Kier molecular flexibility index (Phi) is 4.00. The van der Waals surface area contributed by atoms with E-state index in [0.29, 0.717) is 18.4 Å². The van der Waals surface area contributed by atoms with E-state index in [1.165, 1.54) is 13.2 Å². The van der Waals surface area contributed by atoms with Crippen LogP contribution in [-0.4, -0.2) is 17.3 Å². The molecule has 3 rings (SSSR count). The molecule has 22 heavy (non-hydrogen) atoms. The largest absolute Gasteiger partial charge is 0.494 e. The molecule has 1 aromatic heterocycles. The molecule has 112 valence electrons. The molecule has 0 amide bonds. The Bertz CT molecular complexity index is 759. The van der Waals surface area contributed by atoms with Crippen molar-refractivity contribution in [1.29, 1.82) is 0 Å². The predicted octanol–water partition coefficient (Wildman–Crippen LogP) is 3.50. The van der Waals surface area contributed by atoms with Crippen LogP contribution in [0.3, 0.4) is 0 Å². The molecule has 0 aliphatic heterocycles. The Morgan fingerprint density at radius 3 is 2.73 bits per heavy atom. The zero-order valence-corrected chi connectivity index (χ0v) is 11.9. The Morgan fingerprint density at radius 2 is 2.00 bits per heavy atom. The molecule has 0 aliphatic rings. The summed E-state index contributed by atoms with van der Waals surface area (Å²) in [5.74, 6) is 0.605. The fourth-order valence-electron chi connectivity index (χ4n) is 1.99. The average molecular weight is 299 g/mol. The second kappa shape index (κ2) is 6.26. The molecule has 1 heterocycles. The van der Waals surface area contributed by atoms with Crippen molar-refractivity contribution in [3.63, 3.8) is 0 Å². The van der Waals surface area contributed by atoms with Crippen molar-refractivity contribution in [3.8, 4) is 17.2 Å². The lowest BCUT2D eigenvalue weighted by atomic mass is 10.2. The summed E-state index contributed by atoms with van der Waals surface area (Å²) >= 11 is 0. The summed E-state index contributed by atoms with van der Waals surface area (Å²) in [6.07, 6.45) is 0. The molecule has 0 fully saturated rings.